The molecule has 1 fully saturated rings. The Bertz CT molecular complexity index is 689. The molecule has 1 amide bonds. The summed E-state index contributed by atoms with van der Waals surface area (Å²) in [5, 5.41) is 11.1. The third kappa shape index (κ3) is 3.88. The second-order valence-corrected chi connectivity index (χ2v) is 6.76. The van der Waals surface area contributed by atoms with Crippen molar-refractivity contribution >= 4 is 33.3 Å². The zero-order valence-corrected chi connectivity index (χ0v) is 14.6. The zero-order chi connectivity index (χ0) is 16.2. The van der Waals surface area contributed by atoms with Crippen LogP contribution >= 0.6 is 15.9 Å². The fourth-order valence-corrected chi connectivity index (χ4v) is 3.15. The van der Waals surface area contributed by atoms with E-state index >= 15 is 0 Å². The normalized spacial score (nSPS) is 17.8. The summed E-state index contributed by atoms with van der Waals surface area (Å²) in [4.78, 5) is 14.5. The second-order valence-electron chi connectivity index (χ2n) is 5.90. The summed E-state index contributed by atoms with van der Waals surface area (Å²) in [6.45, 7) is 4.25. The number of nitrogens with one attached hydrogen (secondary N) is 1. The predicted octanol–water partition coefficient (Wildman–Crippen LogP) is 3.73. The van der Waals surface area contributed by atoms with Crippen LogP contribution in [0.15, 0.2) is 40.9 Å². The van der Waals surface area contributed by atoms with E-state index in [0.29, 0.717) is 17.3 Å². The van der Waals surface area contributed by atoms with Crippen LogP contribution in [0.2, 0.25) is 0 Å². The number of nitrogens with zero attached hydrogens (tertiary/aromatic N) is 3. The van der Waals surface area contributed by atoms with Crippen molar-refractivity contribution in [2.75, 3.05) is 23.3 Å². The van der Waals surface area contributed by atoms with Crippen molar-refractivity contribution in [3.05, 3.63) is 46.6 Å². The number of rotatable bonds is 3. The highest BCUT2D eigenvalue weighted by molar-refractivity contribution is 9.10. The van der Waals surface area contributed by atoms with Crippen molar-refractivity contribution < 1.29 is 4.79 Å². The quantitative estimate of drug-likeness (QED) is 0.888. The van der Waals surface area contributed by atoms with Crippen LogP contribution in [-0.2, 0) is 0 Å². The maximum atomic E-state index is 12.3. The zero-order valence-electron chi connectivity index (χ0n) is 13.0. The molecule has 6 heteroatoms. The molecule has 3 rings (SSSR count). The number of anilines is 2. The Kier molecular flexibility index (Phi) is 4.91. The highest BCUT2D eigenvalue weighted by atomic mass is 79.9. The van der Waals surface area contributed by atoms with E-state index in [1.165, 1.54) is 12.8 Å². The molecule has 1 saturated heterocycles. The van der Waals surface area contributed by atoms with Crippen molar-refractivity contribution in [3.63, 3.8) is 0 Å². The van der Waals surface area contributed by atoms with E-state index < -0.39 is 0 Å². The van der Waals surface area contributed by atoms with Crippen molar-refractivity contribution in [1.82, 2.24) is 10.2 Å². The van der Waals surface area contributed by atoms with Gasteiger partial charge in [0, 0.05) is 17.6 Å². The third-order valence-corrected chi connectivity index (χ3v) is 4.68. The van der Waals surface area contributed by atoms with Crippen molar-refractivity contribution in [2.45, 2.75) is 19.8 Å². The van der Waals surface area contributed by atoms with Gasteiger partial charge in [-0.15, -0.1) is 10.2 Å². The number of benzene rings is 1. The molecule has 0 radical (unpaired) electrons. The maximum absolute atomic E-state index is 12.3. The van der Waals surface area contributed by atoms with Crippen molar-refractivity contribution in [3.8, 4) is 0 Å². The Balaban J connectivity index is 1.69. The van der Waals surface area contributed by atoms with Crippen LogP contribution in [0.1, 0.15) is 30.3 Å². The number of carbonyl (C=O) groups is 1. The van der Waals surface area contributed by atoms with Crippen molar-refractivity contribution in [1.29, 1.82) is 0 Å². The first kappa shape index (κ1) is 15.9. The van der Waals surface area contributed by atoms with Crippen LogP contribution in [-0.4, -0.2) is 29.2 Å². The molecule has 1 atom stereocenters. The molecule has 2 heterocycles. The molecule has 1 aliphatic heterocycles. The largest absolute Gasteiger partial charge is 0.355 e. The van der Waals surface area contributed by atoms with Gasteiger partial charge >= 0.3 is 0 Å². The van der Waals surface area contributed by atoms with Crippen LogP contribution in [0.25, 0.3) is 0 Å². The Hall–Kier alpha value is -1.95. The molecule has 120 valence electrons. The topological polar surface area (TPSA) is 58.1 Å². The number of amides is 1. The van der Waals surface area contributed by atoms with E-state index in [4.69, 9.17) is 0 Å². The summed E-state index contributed by atoms with van der Waals surface area (Å²) >= 11 is 3.41. The molecule has 1 N–H and O–H groups in total. The van der Waals surface area contributed by atoms with Gasteiger partial charge in [-0.3, -0.25) is 4.79 Å². The van der Waals surface area contributed by atoms with Gasteiger partial charge in [0.15, 0.2) is 11.5 Å². The number of halogens is 1. The monoisotopic (exact) mass is 374 g/mol. The summed E-state index contributed by atoms with van der Waals surface area (Å²) in [7, 11) is 0. The highest BCUT2D eigenvalue weighted by Gasteiger charge is 2.18. The number of piperidine rings is 1. The number of hydrogen-bond acceptors (Lipinski definition) is 4. The maximum Gasteiger partial charge on any atom is 0.276 e. The first-order valence-corrected chi connectivity index (χ1v) is 8.57. The van der Waals surface area contributed by atoms with Crippen LogP contribution in [0.4, 0.5) is 11.5 Å². The molecule has 0 aliphatic carbocycles. The van der Waals surface area contributed by atoms with Crippen LogP contribution in [0.5, 0.6) is 0 Å². The number of hydrogen-bond donors (Lipinski definition) is 1. The summed E-state index contributed by atoms with van der Waals surface area (Å²) in [6, 6.07) is 11.1. The minimum Gasteiger partial charge on any atom is -0.355 e. The first-order valence-electron chi connectivity index (χ1n) is 7.78. The molecule has 0 bridgehead atoms. The summed E-state index contributed by atoms with van der Waals surface area (Å²) in [5.74, 6) is 1.25. The summed E-state index contributed by atoms with van der Waals surface area (Å²) < 4.78 is 0.834. The molecule has 5 nitrogen and oxygen atoms in total. The van der Waals surface area contributed by atoms with Gasteiger partial charge in [-0.1, -0.05) is 19.1 Å². The van der Waals surface area contributed by atoms with Gasteiger partial charge in [0.2, 0.25) is 0 Å². The Morgan fingerprint density at radius 3 is 2.78 bits per heavy atom. The molecular formula is C17H19BrN4O. The lowest BCUT2D eigenvalue weighted by atomic mass is 10.0. The van der Waals surface area contributed by atoms with E-state index in [9.17, 15) is 4.79 Å². The fourth-order valence-electron chi connectivity index (χ4n) is 2.76. The minimum absolute atomic E-state index is 0.261. The van der Waals surface area contributed by atoms with Gasteiger partial charge in [-0.05, 0) is 59.0 Å². The molecule has 23 heavy (non-hydrogen) atoms. The average molecular weight is 375 g/mol. The third-order valence-electron chi connectivity index (χ3n) is 3.99. The van der Waals surface area contributed by atoms with Crippen molar-refractivity contribution in [2.24, 2.45) is 5.92 Å². The fraction of sp³-hybridized carbons (Fsp3) is 0.353. The molecule has 1 aromatic heterocycles. The predicted molar refractivity (Wildman–Crippen MR) is 94.7 cm³/mol. The minimum atomic E-state index is -0.261. The Labute approximate surface area is 144 Å². The Morgan fingerprint density at radius 2 is 2.09 bits per heavy atom. The molecule has 0 spiro atoms. The van der Waals surface area contributed by atoms with E-state index in [-0.39, 0.29) is 5.91 Å². The van der Waals surface area contributed by atoms with Gasteiger partial charge in [-0.2, -0.15) is 0 Å². The lowest BCUT2D eigenvalue weighted by molar-refractivity contribution is 0.102. The average Bonchev–Trinajstić information content (AvgIpc) is 2.57. The van der Waals surface area contributed by atoms with E-state index in [1.54, 1.807) is 6.07 Å². The van der Waals surface area contributed by atoms with Gasteiger partial charge < -0.3 is 10.2 Å². The van der Waals surface area contributed by atoms with E-state index in [1.807, 2.05) is 30.3 Å². The smallest absolute Gasteiger partial charge is 0.276 e. The number of para-hydroxylation sites is 1. The first-order chi connectivity index (χ1) is 11.1. The van der Waals surface area contributed by atoms with Gasteiger partial charge in [0.25, 0.3) is 5.91 Å². The molecule has 1 aliphatic rings. The Morgan fingerprint density at radius 1 is 1.26 bits per heavy atom. The summed E-state index contributed by atoms with van der Waals surface area (Å²) in [5.41, 5.74) is 1.03. The van der Waals surface area contributed by atoms with E-state index in [2.05, 4.69) is 43.3 Å². The van der Waals surface area contributed by atoms with Crippen LogP contribution in [0, 0.1) is 5.92 Å². The lowest BCUT2D eigenvalue weighted by Crippen LogP contribution is -2.35. The standard InChI is InChI=1S/C17H19BrN4O/c1-12-5-4-10-22(11-12)16-9-8-15(20-21-16)17(23)19-14-7-3-2-6-13(14)18/h2-3,6-9,12H,4-5,10-11H2,1H3,(H,19,23). The van der Waals surface area contributed by atoms with Gasteiger partial charge in [0.1, 0.15) is 0 Å². The summed E-state index contributed by atoms with van der Waals surface area (Å²) in [6.07, 6.45) is 2.43. The number of carbonyl (C=O) groups excluding carboxylic acids is 1. The SMILES string of the molecule is CC1CCCN(c2ccc(C(=O)Nc3ccccc3Br)nn2)C1. The molecule has 1 aromatic carbocycles. The van der Waals surface area contributed by atoms with Gasteiger partial charge in [0.05, 0.1) is 5.69 Å². The lowest BCUT2D eigenvalue weighted by Gasteiger charge is -2.31. The molecule has 1 unspecified atom stereocenters. The van der Waals surface area contributed by atoms with Crippen LogP contribution < -0.4 is 10.2 Å². The second kappa shape index (κ2) is 7.08. The highest BCUT2D eigenvalue weighted by Crippen LogP contribution is 2.23. The molecule has 2 aromatic rings. The molecule has 0 saturated carbocycles. The van der Waals surface area contributed by atoms with Crippen LogP contribution in [0.3, 0.4) is 0 Å². The van der Waals surface area contributed by atoms with E-state index in [0.717, 1.165) is 23.4 Å². The molecular weight excluding hydrogens is 356 g/mol. The van der Waals surface area contributed by atoms with Gasteiger partial charge in [-0.25, -0.2) is 0 Å². The number of aromatic nitrogens is 2.